The Morgan fingerprint density at radius 2 is 2.44 bits per heavy atom. The van der Waals surface area contributed by atoms with E-state index in [4.69, 9.17) is 9.84 Å². The average molecular weight is 227 g/mol. The highest BCUT2D eigenvalue weighted by molar-refractivity contribution is 5.92. The van der Waals surface area contributed by atoms with Crippen LogP contribution in [0, 0.1) is 5.92 Å². The van der Waals surface area contributed by atoms with E-state index in [1.54, 1.807) is 11.8 Å². The number of fused-ring (bicyclic) bond motifs is 1. The Labute approximate surface area is 94.4 Å². The average Bonchev–Trinajstić information content (AvgIpc) is 2.78. The minimum Gasteiger partial charge on any atom is -0.464 e. The summed E-state index contributed by atoms with van der Waals surface area (Å²) in [5, 5.41) is 9.14. The zero-order valence-corrected chi connectivity index (χ0v) is 9.44. The summed E-state index contributed by atoms with van der Waals surface area (Å²) < 4.78 is 5.06. The molecule has 0 aromatic carbocycles. The SMILES string of the molecule is CCOC(=O)C12CCC(=O)N1CC(CO)C2. The van der Waals surface area contributed by atoms with Gasteiger partial charge in [0, 0.05) is 25.5 Å². The summed E-state index contributed by atoms with van der Waals surface area (Å²) in [5.74, 6) is -0.297. The smallest absolute Gasteiger partial charge is 0.332 e. The molecule has 2 atom stereocenters. The number of nitrogens with zero attached hydrogens (tertiary/aromatic N) is 1. The standard InChI is InChI=1S/C11H17NO4/c1-2-16-10(15)11-4-3-9(14)12(11)6-8(5-11)7-13/h8,13H,2-7H2,1H3. The Bertz CT molecular complexity index is 317. The van der Waals surface area contributed by atoms with Crippen LogP contribution in [0.25, 0.3) is 0 Å². The summed E-state index contributed by atoms with van der Waals surface area (Å²) in [7, 11) is 0. The highest BCUT2D eigenvalue weighted by atomic mass is 16.5. The first-order valence-electron chi connectivity index (χ1n) is 5.72. The molecule has 2 aliphatic heterocycles. The number of rotatable bonds is 3. The van der Waals surface area contributed by atoms with Crippen molar-refractivity contribution in [3.05, 3.63) is 0 Å². The van der Waals surface area contributed by atoms with Crippen LogP contribution in [0.3, 0.4) is 0 Å². The molecule has 0 bridgehead atoms. The maximum absolute atomic E-state index is 12.0. The van der Waals surface area contributed by atoms with Crippen LogP contribution in [0.4, 0.5) is 0 Å². The zero-order valence-electron chi connectivity index (χ0n) is 9.44. The molecule has 0 spiro atoms. The first-order valence-corrected chi connectivity index (χ1v) is 5.72. The van der Waals surface area contributed by atoms with Crippen molar-refractivity contribution in [3.63, 3.8) is 0 Å². The molecule has 0 saturated carbocycles. The van der Waals surface area contributed by atoms with Crippen LogP contribution in [0.15, 0.2) is 0 Å². The molecule has 2 saturated heterocycles. The Morgan fingerprint density at radius 3 is 3.06 bits per heavy atom. The third kappa shape index (κ3) is 1.50. The number of carbonyl (C=O) groups is 2. The van der Waals surface area contributed by atoms with Crippen LogP contribution in [0.1, 0.15) is 26.2 Å². The van der Waals surface area contributed by atoms with Crippen molar-refractivity contribution < 1.29 is 19.4 Å². The molecule has 16 heavy (non-hydrogen) atoms. The van der Waals surface area contributed by atoms with Gasteiger partial charge in [0.05, 0.1) is 6.61 Å². The second-order valence-corrected chi connectivity index (χ2v) is 4.51. The molecule has 2 aliphatic rings. The van der Waals surface area contributed by atoms with Gasteiger partial charge in [-0.25, -0.2) is 4.79 Å². The van der Waals surface area contributed by atoms with E-state index in [0.717, 1.165) is 0 Å². The Balaban J connectivity index is 2.22. The number of carbonyl (C=O) groups excluding carboxylic acids is 2. The van der Waals surface area contributed by atoms with E-state index in [2.05, 4.69) is 0 Å². The molecule has 5 heteroatoms. The van der Waals surface area contributed by atoms with Gasteiger partial charge >= 0.3 is 5.97 Å². The molecule has 2 fully saturated rings. The van der Waals surface area contributed by atoms with Crippen molar-refractivity contribution in [3.8, 4) is 0 Å². The fourth-order valence-corrected chi connectivity index (χ4v) is 2.79. The van der Waals surface area contributed by atoms with Gasteiger partial charge in [0.25, 0.3) is 0 Å². The maximum atomic E-state index is 12.0. The van der Waals surface area contributed by atoms with Gasteiger partial charge in [-0.2, -0.15) is 0 Å². The zero-order chi connectivity index (χ0) is 11.8. The molecule has 0 aliphatic carbocycles. The number of hydrogen-bond acceptors (Lipinski definition) is 4. The molecule has 5 nitrogen and oxygen atoms in total. The van der Waals surface area contributed by atoms with Gasteiger partial charge in [-0.15, -0.1) is 0 Å². The molecule has 0 aromatic heterocycles. The monoisotopic (exact) mass is 227 g/mol. The summed E-state index contributed by atoms with van der Waals surface area (Å²) in [6.07, 6.45) is 1.48. The minimum atomic E-state index is -0.777. The lowest BCUT2D eigenvalue weighted by Crippen LogP contribution is -2.48. The van der Waals surface area contributed by atoms with Gasteiger partial charge in [0.1, 0.15) is 5.54 Å². The van der Waals surface area contributed by atoms with Crippen LogP contribution in [0.2, 0.25) is 0 Å². The molecular formula is C11H17NO4. The van der Waals surface area contributed by atoms with Crippen LogP contribution in [-0.4, -0.2) is 47.2 Å². The molecule has 1 amide bonds. The Kier molecular flexibility index (Phi) is 2.88. The molecule has 2 rings (SSSR count). The number of ether oxygens (including phenoxy) is 1. The van der Waals surface area contributed by atoms with Crippen molar-refractivity contribution in [2.45, 2.75) is 31.7 Å². The molecule has 2 heterocycles. The van der Waals surface area contributed by atoms with E-state index < -0.39 is 5.54 Å². The number of hydrogen-bond donors (Lipinski definition) is 1. The summed E-state index contributed by atoms with van der Waals surface area (Å²) in [6, 6.07) is 0. The molecule has 90 valence electrons. The second-order valence-electron chi connectivity index (χ2n) is 4.51. The lowest BCUT2D eigenvalue weighted by Gasteiger charge is -2.28. The predicted molar refractivity (Wildman–Crippen MR) is 55.5 cm³/mol. The quantitative estimate of drug-likeness (QED) is 0.685. The summed E-state index contributed by atoms with van der Waals surface area (Å²) in [6.45, 7) is 2.58. The molecule has 0 aromatic rings. The summed E-state index contributed by atoms with van der Waals surface area (Å²) in [5.41, 5.74) is -0.777. The van der Waals surface area contributed by atoms with Crippen LogP contribution < -0.4 is 0 Å². The van der Waals surface area contributed by atoms with E-state index in [9.17, 15) is 9.59 Å². The van der Waals surface area contributed by atoms with E-state index >= 15 is 0 Å². The first-order chi connectivity index (χ1) is 7.64. The molecule has 0 radical (unpaired) electrons. The van der Waals surface area contributed by atoms with Gasteiger partial charge in [-0.05, 0) is 19.8 Å². The highest BCUT2D eigenvalue weighted by Gasteiger charge is 2.57. The Hall–Kier alpha value is -1.10. The predicted octanol–water partition coefficient (Wildman–Crippen LogP) is -0.0771. The van der Waals surface area contributed by atoms with Crippen molar-refractivity contribution >= 4 is 11.9 Å². The van der Waals surface area contributed by atoms with Crippen molar-refractivity contribution in [1.29, 1.82) is 0 Å². The van der Waals surface area contributed by atoms with E-state index in [1.165, 1.54) is 0 Å². The van der Waals surface area contributed by atoms with Gasteiger partial charge in [-0.3, -0.25) is 4.79 Å². The fraction of sp³-hybridized carbons (Fsp3) is 0.818. The second kappa shape index (κ2) is 4.05. The van der Waals surface area contributed by atoms with Crippen molar-refractivity contribution in [1.82, 2.24) is 4.90 Å². The normalized spacial score (nSPS) is 33.0. The van der Waals surface area contributed by atoms with E-state index in [-0.39, 0.29) is 24.4 Å². The lowest BCUT2D eigenvalue weighted by molar-refractivity contribution is -0.157. The third-order valence-corrected chi connectivity index (χ3v) is 3.55. The largest absolute Gasteiger partial charge is 0.464 e. The number of amides is 1. The molecule has 1 N–H and O–H groups in total. The number of aliphatic hydroxyl groups is 1. The Morgan fingerprint density at radius 1 is 1.69 bits per heavy atom. The van der Waals surface area contributed by atoms with Crippen molar-refractivity contribution in [2.24, 2.45) is 5.92 Å². The maximum Gasteiger partial charge on any atom is 0.332 e. The van der Waals surface area contributed by atoms with E-state index in [1.807, 2.05) is 0 Å². The third-order valence-electron chi connectivity index (χ3n) is 3.55. The first kappa shape index (κ1) is 11.4. The van der Waals surface area contributed by atoms with Crippen LogP contribution in [0.5, 0.6) is 0 Å². The van der Waals surface area contributed by atoms with Gasteiger partial charge in [0.2, 0.25) is 5.91 Å². The van der Waals surface area contributed by atoms with Gasteiger partial charge in [0.15, 0.2) is 0 Å². The topological polar surface area (TPSA) is 66.8 Å². The van der Waals surface area contributed by atoms with E-state index in [0.29, 0.717) is 32.4 Å². The highest BCUT2D eigenvalue weighted by Crippen LogP contribution is 2.42. The minimum absolute atomic E-state index is 0.00371. The number of aliphatic hydroxyl groups excluding tert-OH is 1. The van der Waals surface area contributed by atoms with Crippen LogP contribution in [-0.2, 0) is 14.3 Å². The fourth-order valence-electron chi connectivity index (χ4n) is 2.79. The lowest BCUT2D eigenvalue weighted by atomic mass is 9.90. The summed E-state index contributed by atoms with van der Waals surface area (Å²) in [4.78, 5) is 25.2. The summed E-state index contributed by atoms with van der Waals surface area (Å²) >= 11 is 0. The molecule has 2 unspecified atom stereocenters. The van der Waals surface area contributed by atoms with Crippen LogP contribution >= 0.6 is 0 Å². The van der Waals surface area contributed by atoms with Crippen molar-refractivity contribution in [2.75, 3.05) is 19.8 Å². The number of esters is 1. The van der Waals surface area contributed by atoms with Gasteiger partial charge in [-0.1, -0.05) is 0 Å². The van der Waals surface area contributed by atoms with Gasteiger partial charge < -0.3 is 14.7 Å². The molecular weight excluding hydrogens is 210 g/mol.